The van der Waals surface area contributed by atoms with Crippen LogP contribution in [-0.4, -0.2) is 39.6 Å². The number of hydrogen-bond acceptors (Lipinski definition) is 3. The summed E-state index contributed by atoms with van der Waals surface area (Å²) in [5.74, 6) is -0.103. The minimum Gasteiger partial charge on any atom is -0.480 e. The summed E-state index contributed by atoms with van der Waals surface area (Å²) in [4.78, 5) is 18.1. The molecule has 0 amide bonds. The van der Waals surface area contributed by atoms with E-state index in [-0.39, 0.29) is 0 Å². The fraction of sp³-hybridized carbons (Fsp3) is 0.429. The lowest BCUT2D eigenvalue weighted by Gasteiger charge is -2.25. The molecule has 0 atom stereocenters. The number of para-hydroxylation sites is 2. The molecule has 102 valence electrons. The Morgan fingerprint density at radius 3 is 2.58 bits per heavy atom. The summed E-state index contributed by atoms with van der Waals surface area (Å²) in [5, 5.41) is 9.47. The van der Waals surface area contributed by atoms with Gasteiger partial charge in [-0.1, -0.05) is 12.1 Å². The SMILES string of the molecule is CN(C)Cc1nc2ccccc2n1C(C)(C)C(=O)O. The predicted octanol–water partition coefficient (Wildman–Crippen LogP) is 1.92. The summed E-state index contributed by atoms with van der Waals surface area (Å²) in [6.07, 6.45) is 0. The van der Waals surface area contributed by atoms with E-state index >= 15 is 0 Å². The van der Waals surface area contributed by atoms with Crippen LogP contribution in [-0.2, 0) is 16.9 Å². The summed E-state index contributed by atoms with van der Waals surface area (Å²) in [6, 6.07) is 7.62. The van der Waals surface area contributed by atoms with Crippen molar-refractivity contribution in [2.45, 2.75) is 25.9 Å². The highest BCUT2D eigenvalue weighted by Crippen LogP contribution is 2.26. The van der Waals surface area contributed by atoms with E-state index in [1.807, 2.05) is 47.8 Å². The molecule has 2 aromatic rings. The Labute approximate surface area is 112 Å². The normalized spacial score (nSPS) is 12.3. The molecule has 19 heavy (non-hydrogen) atoms. The number of hydrogen-bond donors (Lipinski definition) is 1. The first-order valence-corrected chi connectivity index (χ1v) is 6.19. The number of benzene rings is 1. The van der Waals surface area contributed by atoms with Crippen molar-refractivity contribution < 1.29 is 9.90 Å². The van der Waals surface area contributed by atoms with Crippen LogP contribution in [0.2, 0.25) is 0 Å². The molecule has 0 fully saturated rings. The summed E-state index contributed by atoms with van der Waals surface area (Å²) in [5.41, 5.74) is 0.655. The zero-order chi connectivity index (χ0) is 14.2. The quantitative estimate of drug-likeness (QED) is 0.913. The van der Waals surface area contributed by atoms with Crippen molar-refractivity contribution >= 4 is 17.0 Å². The molecular weight excluding hydrogens is 242 g/mol. The summed E-state index contributed by atoms with van der Waals surface area (Å²) in [6.45, 7) is 4.00. The lowest BCUT2D eigenvalue weighted by atomic mass is 10.1. The van der Waals surface area contributed by atoms with E-state index in [2.05, 4.69) is 4.98 Å². The van der Waals surface area contributed by atoms with E-state index in [0.717, 1.165) is 16.9 Å². The van der Waals surface area contributed by atoms with Crippen molar-refractivity contribution in [2.75, 3.05) is 14.1 Å². The van der Waals surface area contributed by atoms with Crippen LogP contribution in [0.15, 0.2) is 24.3 Å². The fourth-order valence-corrected chi connectivity index (χ4v) is 2.18. The van der Waals surface area contributed by atoms with Gasteiger partial charge < -0.3 is 14.6 Å². The lowest BCUT2D eigenvalue weighted by molar-refractivity contribution is -0.145. The first kappa shape index (κ1) is 13.5. The third-order valence-corrected chi connectivity index (χ3v) is 3.17. The second-order valence-electron chi connectivity index (χ2n) is 5.45. The number of carboxylic acids is 1. The van der Waals surface area contributed by atoms with Gasteiger partial charge in [-0.25, -0.2) is 9.78 Å². The lowest BCUT2D eigenvalue weighted by Crippen LogP contribution is -2.37. The van der Waals surface area contributed by atoms with Gasteiger partial charge in [-0.3, -0.25) is 0 Å². The van der Waals surface area contributed by atoms with Gasteiger partial charge in [-0.15, -0.1) is 0 Å². The van der Waals surface area contributed by atoms with Crippen molar-refractivity contribution in [2.24, 2.45) is 0 Å². The average molecular weight is 261 g/mol. The van der Waals surface area contributed by atoms with Crippen LogP contribution in [0, 0.1) is 0 Å². The Morgan fingerprint density at radius 2 is 2.00 bits per heavy atom. The predicted molar refractivity (Wildman–Crippen MR) is 74.1 cm³/mol. The highest BCUT2D eigenvalue weighted by molar-refractivity contribution is 5.82. The maximum Gasteiger partial charge on any atom is 0.329 e. The van der Waals surface area contributed by atoms with Crippen LogP contribution in [0.3, 0.4) is 0 Å². The van der Waals surface area contributed by atoms with Crippen LogP contribution >= 0.6 is 0 Å². The van der Waals surface area contributed by atoms with Gasteiger partial charge in [-0.05, 0) is 40.1 Å². The zero-order valence-electron chi connectivity index (χ0n) is 11.7. The van der Waals surface area contributed by atoms with Crippen LogP contribution < -0.4 is 0 Å². The van der Waals surface area contributed by atoms with Gasteiger partial charge in [0.25, 0.3) is 0 Å². The van der Waals surface area contributed by atoms with Crippen molar-refractivity contribution in [3.05, 3.63) is 30.1 Å². The maximum absolute atomic E-state index is 11.5. The fourth-order valence-electron chi connectivity index (χ4n) is 2.18. The molecule has 1 N–H and O–H groups in total. The molecule has 5 nitrogen and oxygen atoms in total. The molecule has 0 saturated carbocycles. The van der Waals surface area contributed by atoms with E-state index in [1.54, 1.807) is 13.8 Å². The Morgan fingerprint density at radius 1 is 1.37 bits per heavy atom. The van der Waals surface area contributed by atoms with Crippen molar-refractivity contribution in [1.29, 1.82) is 0 Å². The molecule has 0 saturated heterocycles. The van der Waals surface area contributed by atoms with Crippen LogP contribution in [0.25, 0.3) is 11.0 Å². The Bertz CT molecular complexity index is 614. The number of nitrogens with zero attached hydrogens (tertiary/aromatic N) is 3. The maximum atomic E-state index is 11.5. The Balaban J connectivity index is 2.71. The summed E-state index contributed by atoms with van der Waals surface area (Å²) >= 11 is 0. The first-order chi connectivity index (χ1) is 8.84. The molecular formula is C14H19N3O2. The van der Waals surface area contributed by atoms with Crippen LogP contribution in [0.5, 0.6) is 0 Å². The van der Waals surface area contributed by atoms with Gasteiger partial charge in [-0.2, -0.15) is 0 Å². The standard InChI is InChI=1S/C14H19N3O2/c1-14(2,13(18)19)17-11-8-6-5-7-10(11)15-12(17)9-16(3)4/h5-8H,9H2,1-4H3,(H,18,19). The monoisotopic (exact) mass is 261 g/mol. The van der Waals surface area contributed by atoms with E-state index in [9.17, 15) is 9.90 Å². The highest BCUT2D eigenvalue weighted by Gasteiger charge is 2.33. The van der Waals surface area contributed by atoms with Gasteiger partial charge >= 0.3 is 5.97 Å². The molecule has 5 heteroatoms. The largest absolute Gasteiger partial charge is 0.480 e. The molecule has 0 aliphatic heterocycles. The second-order valence-corrected chi connectivity index (χ2v) is 5.45. The number of imidazole rings is 1. The molecule has 0 spiro atoms. The van der Waals surface area contributed by atoms with E-state index in [0.29, 0.717) is 6.54 Å². The highest BCUT2D eigenvalue weighted by atomic mass is 16.4. The number of rotatable bonds is 4. The Hall–Kier alpha value is -1.88. The van der Waals surface area contributed by atoms with E-state index in [1.165, 1.54) is 0 Å². The third-order valence-electron chi connectivity index (χ3n) is 3.17. The first-order valence-electron chi connectivity index (χ1n) is 6.19. The minimum absolute atomic E-state index is 0.603. The van der Waals surface area contributed by atoms with E-state index < -0.39 is 11.5 Å². The topological polar surface area (TPSA) is 58.4 Å². The van der Waals surface area contributed by atoms with Gasteiger partial charge in [0.1, 0.15) is 11.4 Å². The third kappa shape index (κ3) is 2.33. The van der Waals surface area contributed by atoms with Crippen LogP contribution in [0.4, 0.5) is 0 Å². The Kier molecular flexibility index (Phi) is 3.32. The number of carbonyl (C=O) groups is 1. The minimum atomic E-state index is -1.03. The van der Waals surface area contributed by atoms with Gasteiger partial charge in [0.2, 0.25) is 0 Å². The number of carboxylic acid groups (broad SMARTS) is 1. The molecule has 1 aromatic heterocycles. The van der Waals surface area contributed by atoms with Crippen molar-refractivity contribution in [3.63, 3.8) is 0 Å². The smallest absolute Gasteiger partial charge is 0.329 e. The molecule has 1 aromatic carbocycles. The molecule has 0 aliphatic carbocycles. The second kappa shape index (κ2) is 4.66. The van der Waals surface area contributed by atoms with Crippen molar-refractivity contribution in [3.8, 4) is 0 Å². The van der Waals surface area contributed by atoms with Crippen molar-refractivity contribution in [1.82, 2.24) is 14.5 Å². The number of fused-ring (bicyclic) bond motifs is 1. The van der Waals surface area contributed by atoms with Crippen LogP contribution in [0.1, 0.15) is 19.7 Å². The molecule has 0 aliphatic rings. The molecule has 0 bridgehead atoms. The summed E-state index contributed by atoms with van der Waals surface area (Å²) < 4.78 is 1.81. The zero-order valence-corrected chi connectivity index (χ0v) is 11.7. The molecule has 0 unspecified atom stereocenters. The average Bonchev–Trinajstić information content (AvgIpc) is 2.65. The van der Waals surface area contributed by atoms with E-state index in [4.69, 9.17) is 0 Å². The summed E-state index contributed by atoms with van der Waals surface area (Å²) in [7, 11) is 3.88. The molecule has 0 radical (unpaired) electrons. The van der Waals surface area contributed by atoms with Gasteiger partial charge in [0.15, 0.2) is 0 Å². The van der Waals surface area contributed by atoms with Gasteiger partial charge in [0, 0.05) is 0 Å². The number of aliphatic carboxylic acids is 1. The van der Waals surface area contributed by atoms with Gasteiger partial charge in [0.05, 0.1) is 17.6 Å². The molecule has 2 rings (SSSR count). The molecule has 1 heterocycles. The number of aromatic nitrogens is 2.